The van der Waals surface area contributed by atoms with E-state index in [4.69, 9.17) is 5.11 Å². The van der Waals surface area contributed by atoms with E-state index in [1.807, 2.05) is 0 Å². The first-order valence-corrected chi connectivity index (χ1v) is 3.90. The second kappa shape index (κ2) is 3.63. The van der Waals surface area contributed by atoms with Crippen LogP contribution in [-0.2, 0) is 4.79 Å². The number of ketones is 1. The van der Waals surface area contributed by atoms with Crippen molar-refractivity contribution in [3.8, 4) is 0 Å². The summed E-state index contributed by atoms with van der Waals surface area (Å²) in [7, 11) is 0. The van der Waals surface area contributed by atoms with Crippen molar-refractivity contribution < 1.29 is 23.1 Å². The molecule has 0 bridgehead atoms. The van der Waals surface area contributed by atoms with Crippen LogP contribution in [0.4, 0.5) is 13.2 Å². The number of likely N-dealkylation sites (tertiary alicyclic amines) is 1. The number of alkyl halides is 3. The van der Waals surface area contributed by atoms with Crippen LogP contribution < -0.4 is 0 Å². The van der Waals surface area contributed by atoms with Crippen molar-refractivity contribution in [3.63, 3.8) is 0 Å². The highest BCUT2D eigenvalue weighted by molar-refractivity contribution is 5.85. The van der Waals surface area contributed by atoms with Crippen LogP contribution >= 0.6 is 0 Å². The minimum atomic E-state index is -4.76. The first-order chi connectivity index (χ1) is 5.89. The molecule has 3 nitrogen and oxygen atoms in total. The second-order valence-corrected chi connectivity index (χ2v) is 3.10. The molecule has 1 rings (SSSR count). The standard InChI is InChI=1S/C7H10F3NO2/c8-7(9,10)6(13)4-11-2-1-5(12)3-11/h5,12H,1-4H2. The highest BCUT2D eigenvalue weighted by Crippen LogP contribution is 2.18. The average Bonchev–Trinajstić information content (AvgIpc) is 2.33. The molecule has 0 radical (unpaired) electrons. The molecule has 1 aliphatic heterocycles. The first kappa shape index (κ1) is 10.5. The van der Waals surface area contributed by atoms with Gasteiger partial charge in [0, 0.05) is 13.1 Å². The predicted octanol–water partition coefficient (Wildman–Crippen LogP) is 0.184. The minimum absolute atomic E-state index is 0.155. The van der Waals surface area contributed by atoms with E-state index in [0.717, 1.165) is 0 Å². The number of Topliss-reactive ketones (excluding diaryl/α,β-unsaturated/α-hetero) is 1. The molecule has 13 heavy (non-hydrogen) atoms. The van der Waals surface area contributed by atoms with E-state index in [1.165, 1.54) is 4.90 Å². The van der Waals surface area contributed by atoms with Crippen molar-refractivity contribution in [1.29, 1.82) is 0 Å². The van der Waals surface area contributed by atoms with Crippen LogP contribution in [0.25, 0.3) is 0 Å². The highest BCUT2D eigenvalue weighted by atomic mass is 19.4. The van der Waals surface area contributed by atoms with Gasteiger partial charge < -0.3 is 5.11 Å². The molecule has 76 valence electrons. The summed E-state index contributed by atoms with van der Waals surface area (Å²) in [6.07, 6.45) is -4.92. The Morgan fingerprint density at radius 3 is 2.54 bits per heavy atom. The lowest BCUT2D eigenvalue weighted by atomic mass is 10.3. The molecule has 0 aromatic heterocycles. The summed E-state index contributed by atoms with van der Waals surface area (Å²) in [4.78, 5) is 11.8. The van der Waals surface area contributed by atoms with Gasteiger partial charge in [0.25, 0.3) is 0 Å². The number of halogens is 3. The normalized spacial score (nSPS) is 25.1. The van der Waals surface area contributed by atoms with Crippen LogP contribution in [0.3, 0.4) is 0 Å². The maximum atomic E-state index is 11.8. The Balaban J connectivity index is 2.37. The molecule has 1 heterocycles. The Kier molecular flexibility index (Phi) is 2.92. The smallest absolute Gasteiger partial charge is 0.392 e. The zero-order chi connectivity index (χ0) is 10.1. The summed E-state index contributed by atoms with van der Waals surface area (Å²) in [5, 5.41) is 8.98. The van der Waals surface area contributed by atoms with Gasteiger partial charge in [-0.1, -0.05) is 0 Å². The molecule has 0 aliphatic carbocycles. The zero-order valence-electron chi connectivity index (χ0n) is 6.84. The van der Waals surface area contributed by atoms with Crippen LogP contribution in [0, 0.1) is 0 Å². The van der Waals surface area contributed by atoms with Gasteiger partial charge in [-0.2, -0.15) is 13.2 Å². The van der Waals surface area contributed by atoms with Crippen LogP contribution in [-0.4, -0.2) is 47.7 Å². The molecule has 1 fully saturated rings. The highest BCUT2D eigenvalue weighted by Gasteiger charge is 2.39. The number of carbonyl (C=O) groups excluding carboxylic acids is 1. The van der Waals surface area contributed by atoms with E-state index < -0.39 is 24.6 Å². The lowest BCUT2D eigenvalue weighted by Crippen LogP contribution is -2.36. The number of carbonyl (C=O) groups is 1. The minimum Gasteiger partial charge on any atom is -0.392 e. The fourth-order valence-corrected chi connectivity index (χ4v) is 1.25. The van der Waals surface area contributed by atoms with Crippen molar-refractivity contribution in [1.82, 2.24) is 4.90 Å². The summed E-state index contributed by atoms with van der Waals surface area (Å²) in [6, 6.07) is 0. The van der Waals surface area contributed by atoms with Crippen LogP contribution in [0.1, 0.15) is 6.42 Å². The van der Waals surface area contributed by atoms with Gasteiger partial charge in [0.05, 0.1) is 12.6 Å². The van der Waals surface area contributed by atoms with Crippen molar-refractivity contribution in [2.75, 3.05) is 19.6 Å². The molecule has 1 unspecified atom stereocenters. The van der Waals surface area contributed by atoms with Crippen molar-refractivity contribution in [3.05, 3.63) is 0 Å². The number of hydrogen-bond acceptors (Lipinski definition) is 3. The molecule has 1 aliphatic rings. The molecule has 6 heteroatoms. The molecule has 0 aromatic rings. The maximum Gasteiger partial charge on any atom is 0.451 e. The van der Waals surface area contributed by atoms with Gasteiger partial charge in [-0.25, -0.2) is 0 Å². The molecule has 0 aromatic carbocycles. The van der Waals surface area contributed by atoms with E-state index in [-0.39, 0.29) is 6.54 Å². The van der Waals surface area contributed by atoms with E-state index in [0.29, 0.717) is 13.0 Å². The third kappa shape index (κ3) is 2.96. The molecular weight excluding hydrogens is 187 g/mol. The quantitative estimate of drug-likeness (QED) is 0.686. The molecule has 0 amide bonds. The van der Waals surface area contributed by atoms with E-state index in [1.54, 1.807) is 0 Å². The monoisotopic (exact) mass is 197 g/mol. The summed E-state index contributed by atoms with van der Waals surface area (Å²) in [6.45, 7) is -0.134. The van der Waals surface area contributed by atoms with Gasteiger partial charge in [0.2, 0.25) is 5.78 Å². The number of hydrogen-bond donors (Lipinski definition) is 1. The van der Waals surface area contributed by atoms with Gasteiger partial charge in [-0.15, -0.1) is 0 Å². The third-order valence-corrected chi connectivity index (χ3v) is 1.93. The van der Waals surface area contributed by atoms with E-state index in [2.05, 4.69) is 0 Å². The van der Waals surface area contributed by atoms with Gasteiger partial charge in [0.1, 0.15) is 0 Å². The fraction of sp³-hybridized carbons (Fsp3) is 0.857. The number of aliphatic hydroxyl groups is 1. The Morgan fingerprint density at radius 2 is 2.15 bits per heavy atom. The Bertz CT molecular complexity index is 204. The Labute approximate surface area is 73.1 Å². The summed E-state index contributed by atoms with van der Waals surface area (Å²) < 4.78 is 35.3. The van der Waals surface area contributed by atoms with Gasteiger partial charge in [-0.3, -0.25) is 9.69 Å². The van der Waals surface area contributed by atoms with Crippen LogP contribution in [0.5, 0.6) is 0 Å². The molecule has 0 saturated carbocycles. The van der Waals surface area contributed by atoms with Crippen LogP contribution in [0.2, 0.25) is 0 Å². The predicted molar refractivity (Wildman–Crippen MR) is 38.1 cm³/mol. The molecule has 1 N–H and O–H groups in total. The summed E-state index contributed by atoms with van der Waals surface area (Å²) in [5.41, 5.74) is 0. The van der Waals surface area contributed by atoms with E-state index >= 15 is 0 Å². The number of rotatable bonds is 2. The Morgan fingerprint density at radius 1 is 1.54 bits per heavy atom. The fourth-order valence-electron chi connectivity index (χ4n) is 1.25. The lowest BCUT2D eigenvalue weighted by Gasteiger charge is -2.14. The zero-order valence-corrected chi connectivity index (χ0v) is 6.84. The average molecular weight is 197 g/mol. The van der Waals surface area contributed by atoms with Gasteiger partial charge in [-0.05, 0) is 6.42 Å². The molecule has 0 spiro atoms. The number of β-amino-alcohol motifs (C(OH)–C–C–N with tert-alkyl or cyclic N) is 1. The van der Waals surface area contributed by atoms with Crippen molar-refractivity contribution in [2.45, 2.75) is 18.7 Å². The van der Waals surface area contributed by atoms with Gasteiger partial charge >= 0.3 is 6.18 Å². The summed E-state index contributed by atoms with van der Waals surface area (Å²) >= 11 is 0. The second-order valence-electron chi connectivity index (χ2n) is 3.10. The SMILES string of the molecule is O=C(CN1CCC(O)C1)C(F)(F)F. The first-order valence-electron chi connectivity index (χ1n) is 3.90. The lowest BCUT2D eigenvalue weighted by molar-refractivity contribution is -0.171. The Hall–Kier alpha value is -0.620. The third-order valence-electron chi connectivity index (χ3n) is 1.93. The van der Waals surface area contributed by atoms with Crippen LogP contribution in [0.15, 0.2) is 0 Å². The largest absolute Gasteiger partial charge is 0.451 e. The maximum absolute atomic E-state index is 11.8. The van der Waals surface area contributed by atoms with Crippen molar-refractivity contribution >= 4 is 5.78 Å². The molecule has 1 atom stereocenters. The number of aliphatic hydroxyl groups excluding tert-OH is 1. The van der Waals surface area contributed by atoms with Gasteiger partial charge in [0.15, 0.2) is 0 Å². The van der Waals surface area contributed by atoms with E-state index in [9.17, 15) is 18.0 Å². The van der Waals surface area contributed by atoms with Crippen molar-refractivity contribution in [2.24, 2.45) is 0 Å². The molecular formula is C7H10F3NO2. The number of nitrogens with zero attached hydrogens (tertiary/aromatic N) is 1. The topological polar surface area (TPSA) is 40.5 Å². The summed E-state index contributed by atoms with van der Waals surface area (Å²) in [5.74, 6) is -1.75. The molecule has 1 saturated heterocycles.